The lowest BCUT2D eigenvalue weighted by Crippen LogP contribution is -2.12. The van der Waals surface area contributed by atoms with Gasteiger partial charge in [0, 0.05) is 16.4 Å². The Morgan fingerprint density at radius 1 is 1.19 bits per heavy atom. The van der Waals surface area contributed by atoms with Gasteiger partial charge in [0.25, 0.3) is 5.91 Å². The largest absolute Gasteiger partial charge is 0.321 e. The molecular weight excluding hydrogens is 330 g/mol. The number of benzene rings is 1. The van der Waals surface area contributed by atoms with Crippen LogP contribution in [-0.2, 0) is 0 Å². The highest BCUT2D eigenvalue weighted by Crippen LogP contribution is 2.19. The number of nitrogens with one attached hydrogen (secondary N) is 1. The van der Waals surface area contributed by atoms with Gasteiger partial charge in [-0.05, 0) is 54.0 Å². The molecule has 0 aliphatic rings. The molecule has 4 nitrogen and oxygen atoms in total. The summed E-state index contributed by atoms with van der Waals surface area (Å²) in [5.74, 6) is -0.142. The lowest BCUT2D eigenvalue weighted by atomic mass is 10.2. The highest BCUT2D eigenvalue weighted by atomic mass is 79.9. The van der Waals surface area contributed by atoms with Crippen molar-refractivity contribution >= 4 is 33.2 Å². The first-order valence-electron chi connectivity index (χ1n) is 6.57. The predicted octanol–water partition coefficient (Wildman–Crippen LogP) is 3.97. The van der Waals surface area contributed by atoms with Crippen molar-refractivity contribution in [1.29, 1.82) is 0 Å². The Morgan fingerprint density at radius 3 is 2.71 bits per heavy atom. The minimum atomic E-state index is -0.142. The number of imidazole rings is 1. The quantitative estimate of drug-likeness (QED) is 0.765. The van der Waals surface area contributed by atoms with Gasteiger partial charge in [-0.2, -0.15) is 0 Å². The summed E-state index contributed by atoms with van der Waals surface area (Å²) >= 11 is 3.39. The molecule has 1 amide bonds. The van der Waals surface area contributed by atoms with Gasteiger partial charge < -0.3 is 9.72 Å². The number of rotatable bonds is 2. The second-order valence-corrected chi connectivity index (χ2v) is 5.72. The minimum absolute atomic E-state index is 0.142. The van der Waals surface area contributed by atoms with E-state index in [9.17, 15) is 4.79 Å². The predicted molar refractivity (Wildman–Crippen MR) is 86.8 cm³/mol. The van der Waals surface area contributed by atoms with Crippen molar-refractivity contribution in [3.05, 3.63) is 64.0 Å². The fourth-order valence-corrected chi connectivity index (χ4v) is 2.66. The maximum absolute atomic E-state index is 12.3. The van der Waals surface area contributed by atoms with Gasteiger partial charge in [0.1, 0.15) is 5.65 Å². The normalized spacial score (nSPS) is 10.8. The zero-order valence-electron chi connectivity index (χ0n) is 11.7. The maximum Gasteiger partial charge on any atom is 0.256 e. The third-order valence-electron chi connectivity index (χ3n) is 3.47. The molecular formula is C16H14BrN3O. The molecule has 1 N–H and O–H groups in total. The molecule has 0 atom stereocenters. The Labute approximate surface area is 131 Å². The molecule has 106 valence electrons. The summed E-state index contributed by atoms with van der Waals surface area (Å²) in [6.07, 6.45) is 1.89. The molecule has 3 aromatic rings. The zero-order chi connectivity index (χ0) is 15.0. The Morgan fingerprint density at radius 2 is 1.95 bits per heavy atom. The number of amides is 1. The number of aromatic nitrogens is 2. The summed E-state index contributed by atoms with van der Waals surface area (Å²) in [5.41, 5.74) is 4.29. The number of pyridine rings is 1. The lowest BCUT2D eigenvalue weighted by molar-refractivity contribution is 0.102. The number of carbonyl (C=O) groups is 1. The van der Waals surface area contributed by atoms with Gasteiger partial charge in [-0.15, -0.1) is 0 Å². The number of aryl methyl sites for hydroxylation is 2. The molecule has 3 rings (SSSR count). The molecule has 0 aliphatic carbocycles. The smallest absolute Gasteiger partial charge is 0.256 e. The van der Waals surface area contributed by atoms with Crippen LogP contribution in [0.1, 0.15) is 21.7 Å². The van der Waals surface area contributed by atoms with Crippen molar-refractivity contribution < 1.29 is 4.79 Å². The van der Waals surface area contributed by atoms with Gasteiger partial charge in [0.05, 0.1) is 16.9 Å². The minimum Gasteiger partial charge on any atom is -0.321 e. The highest BCUT2D eigenvalue weighted by molar-refractivity contribution is 9.10. The van der Waals surface area contributed by atoms with Crippen molar-refractivity contribution in [2.75, 3.05) is 5.32 Å². The Kier molecular flexibility index (Phi) is 3.51. The first-order chi connectivity index (χ1) is 10.1. The molecule has 1 aromatic carbocycles. The molecule has 0 unspecified atom stereocenters. The van der Waals surface area contributed by atoms with Crippen LogP contribution in [0, 0.1) is 13.8 Å². The molecule has 2 heterocycles. The molecule has 0 saturated carbocycles. The summed E-state index contributed by atoms with van der Waals surface area (Å²) in [7, 11) is 0. The number of nitrogens with zero attached hydrogens (tertiary/aromatic N) is 2. The number of carbonyl (C=O) groups excluding carboxylic acids is 1. The average molecular weight is 344 g/mol. The summed E-state index contributed by atoms with van der Waals surface area (Å²) in [6, 6.07) is 11.1. The van der Waals surface area contributed by atoms with Crippen LogP contribution in [0.25, 0.3) is 5.65 Å². The van der Waals surface area contributed by atoms with E-state index in [2.05, 4.69) is 26.2 Å². The molecule has 0 fully saturated rings. The monoisotopic (exact) mass is 343 g/mol. The third kappa shape index (κ3) is 2.56. The van der Waals surface area contributed by atoms with E-state index >= 15 is 0 Å². The van der Waals surface area contributed by atoms with E-state index in [1.807, 2.05) is 54.8 Å². The van der Waals surface area contributed by atoms with Gasteiger partial charge in [0.2, 0.25) is 0 Å². The summed E-state index contributed by atoms with van der Waals surface area (Å²) in [5, 5.41) is 2.91. The van der Waals surface area contributed by atoms with Gasteiger partial charge in [0.15, 0.2) is 0 Å². The van der Waals surface area contributed by atoms with Crippen molar-refractivity contribution in [3.8, 4) is 0 Å². The Hall–Kier alpha value is -2.14. The third-order valence-corrected chi connectivity index (χ3v) is 4.16. The van der Waals surface area contributed by atoms with Gasteiger partial charge in [-0.3, -0.25) is 4.79 Å². The first kappa shape index (κ1) is 13.8. The maximum atomic E-state index is 12.3. The Bertz CT molecular complexity index is 839. The van der Waals surface area contributed by atoms with Crippen LogP contribution in [0.4, 0.5) is 5.69 Å². The van der Waals surface area contributed by atoms with Gasteiger partial charge in [-0.25, -0.2) is 4.98 Å². The zero-order valence-corrected chi connectivity index (χ0v) is 13.3. The second kappa shape index (κ2) is 5.33. The number of hydrogen-bond acceptors (Lipinski definition) is 2. The first-order valence-corrected chi connectivity index (χ1v) is 7.37. The van der Waals surface area contributed by atoms with Crippen molar-refractivity contribution in [2.45, 2.75) is 13.8 Å². The van der Waals surface area contributed by atoms with E-state index in [4.69, 9.17) is 0 Å². The molecule has 21 heavy (non-hydrogen) atoms. The number of fused-ring (bicyclic) bond motifs is 1. The molecule has 0 aliphatic heterocycles. The fourth-order valence-electron chi connectivity index (χ4n) is 2.20. The summed E-state index contributed by atoms with van der Waals surface area (Å²) in [4.78, 5) is 16.7. The van der Waals surface area contributed by atoms with Crippen LogP contribution < -0.4 is 5.32 Å². The molecule has 0 spiro atoms. The van der Waals surface area contributed by atoms with Gasteiger partial charge >= 0.3 is 0 Å². The average Bonchev–Trinajstić information content (AvgIpc) is 2.75. The van der Waals surface area contributed by atoms with E-state index in [0.717, 1.165) is 27.2 Å². The van der Waals surface area contributed by atoms with Crippen LogP contribution in [0.15, 0.2) is 47.1 Å². The summed E-state index contributed by atoms with van der Waals surface area (Å²) < 4.78 is 2.75. The van der Waals surface area contributed by atoms with Crippen LogP contribution >= 0.6 is 15.9 Å². The van der Waals surface area contributed by atoms with Crippen LogP contribution in [-0.4, -0.2) is 15.3 Å². The SMILES string of the molecule is Cc1nc2ccc(NC(=O)c3ccccc3Br)cn2c1C. The van der Waals surface area contributed by atoms with E-state index in [0.29, 0.717) is 5.56 Å². The van der Waals surface area contributed by atoms with Crippen molar-refractivity contribution in [2.24, 2.45) is 0 Å². The molecule has 0 radical (unpaired) electrons. The molecule has 2 aromatic heterocycles. The molecule has 0 saturated heterocycles. The van der Waals surface area contributed by atoms with E-state index < -0.39 is 0 Å². The molecule has 0 bridgehead atoms. The highest BCUT2D eigenvalue weighted by Gasteiger charge is 2.11. The second-order valence-electron chi connectivity index (χ2n) is 4.86. The van der Waals surface area contributed by atoms with E-state index in [-0.39, 0.29) is 5.91 Å². The van der Waals surface area contributed by atoms with E-state index in [1.54, 1.807) is 6.07 Å². The van der Waals surface area contributed by atoms with E-state index in [1.165, 1.54) is 0 Å². The lowest BCUT2D eigenvalue weighted by Gasteiger charge is -2.07. The van der Waals surface area contributed by atoms with Gasteiger partial charge in [-0.1, -0.05) is 12.1 Å². The van der Waals surface area contributed by atoms with Crippen molar-refractivity contribution in [3.63, 3.8) is 0 Å². The van der Waals surface area contributed by atoms with Crippen LogP contribution in [0.2, 0.25) is 0 Å². The van der Waals surface area contributed by atoms with Crippen LogP contribution in [0.3, 0.4) is 0 Å². The Balaban J connectivity index is 1.93. The number of halogens is 1. The number of hydrogen-bond donors (Lipinski definition) is 1. The topological polar surface area (TPSA) is 46.4 Å². The van der Waals surface area contributed by atoms with Crippen LogP contribution in [0.5, 0.6) is 0 Å². The fraction of sp³-hybridized carbons (Fsp3) is 0.125. The van der Waals surface area contributed by atoms with Crippen molar-refractivity contribution in [1.82, 2.24) is 9.38 Å². The summed E-state index contributed by atoms with van der Waals surface area (Å²) in [6.45, 7) is 3.98. The standard InChI is InChI=1S/C16H14BrN3O/c1-10-11(2)20-9-12(7-8-15(20)18-10)19-16(21)13-5-3-4-6-14(13)17/h3-9H,1-2H3,(H,19,21). The number of anilines is 1. The molecule has 5 heteroatoms.